The van der Waals surface area contributed by atoms with E-state index in [0.717, 1.165) is 11.1 Å². The largest absolute Gasteiger partial charge is 0.493 e. The zero-order chi connectivity index (χ0) is 23.2. The Balaban J connectivity index is 1.29. The van der Waals surface area contributed by atoms with Crippen molar-refractivity contribution in [3.8, 4) is 11.5 Å². The molecule has 3 aromatic rings. The van der Waals surface area contributed by atoms with Crippen LogP contribution >= 0.6 is 0 Å². The number of nitrogens with zero attached hydrogens (tertiary/aromatic N) is 4. The fraction of sp³-hybridized carbons (Fsp3) is 0.333. The fourth-order valence-corrected chi connectivity index (χ4v) is 3.90. The molecule has 1 unspecified atom stereocenters. The van der Waals surface area contributed by atoms with Gasteiger partial charge in [-0.1, -0.05) is 18.2 Å². The fourth-order valence-electron chi connectivity index (χ4n) is 3.90. The van der Waals surface area contributed by atoms with Crippen molar-refractivity contribution in [1.82, 2.24) is 19.7 Å². The number of likely N-dealkylation sites (tertiary alicyclic amines) is 1. The van der Waals surface area contributed by atoms with Crippen LogP contribution < -0.4 is 14.8 Å². The molecule has 0 saturated carbocycles. The standard InChI is InChI=1S/C24H27N5O4/c1-32-21-8-5-17(11-22(21)33-2)9-10-28-14-19(12-23(28)30)24(31)27-20-6-3-18(4-7-20)13-29-16-25-15-26-29/h3-8,11,15-16,19H,9-10,12-14H2,1-2H3,(H,27,31). The summed E-state index contributed by atoms with van der Waals surface area (Å²) < 4.78 is 12.3. The molecule has 1 aliphatic rings. The molecule has 2 aromatic carbocycles. The van der Waals surface area contributed by atoms with Crippen molar-refractivity contribution in [2.75, 3.05) is 32.6 Å². The van der Waals surface area contributed by atoms with Crippen LogP contribution in [0.1, 0.15) is 17.5 Å². The molecule has 0 aliphatic carbocycles. The summed E-state index contributed by atoms with van der Waals surface area (Å²) in [5, 5.41) is 7.02. The molecular weight excluding hydrogens is 422 g/mol. The molecule has 2 heterocycles. The van der Waals surface area contributed by atoms with E-state index in [1.165, 1.54) is 6.33 Å². The summed E-state index contributed by atoms with van der Waals surface area (Å²) in [4.78, 5) is 30.9. The molecule has 4 rings (SSSR count). The molecule has 1 aromatic heterocycles. The van der Waals surface area contributed by atoms with E-state index in [-0.39, 0.29) is 24.2 Å². The van der Waals surface area contributed by atoms with Gasteiger partial charge in [0.1, 0.15) is 12.7 Å². The van der Waals surface area contributed by atoms with Gasteiger partial charge in [-0.2, -0.15) is 5.10 Å². The molecule has 0 bridgehead atoms. The highest BCUT2D eigenvalue weighted by Crippen LogP contribution is 2.28. The zero-order valence-electron chi connectivity index (χ0n) is 18.7. The lowest BCUT2D eigenvalue weighted by Gasteiger charge is -2.17. The van der Waals surface area contributed by atoms with Gasteiger partial charge in [0.25, 0.3) is 0 Å². The average Bonchev–Trinajstić information content (AvgIpc) is 3.48. The minimum absolute atomic E-state index is 0.00110. The Morgan fingerprint density at radius 2 is 1.85 bits per heavy atom. The number of rotatable bonds is 9. The van der Waals surface area contributed by atoms with Gasteiger partial charge in [-0.15, -0.1) is 0 Å². The predicted octanol–water partition coefficient (Wildman–Crippen LogP) is 2.37. The van der Waals surface area contributed by atoms with Crippen LogP contribution in [0.4, 0.5) is 5.69 Å². The number of methoxy groups -OCH3 is 2. The SMILES string of the molecule is COc1ccc(CCN2CC(C(=O)Nc3ccc(Cn4cncn4)cc3)CC2=O)cc1OC. The maximum absolute atomic E-state index is 12.7. The number of carbonyl (C=O) groups is 2. The van der Waals surface area contributed by atoms with Crippen LogP contribution in [0.5, 0.6) is 11.5 Å². The molecule has 1 aliphatic heterocycles. The Morgan fingerprint density at radius 1 is 1.09 bits per heavy atom. The molecule has 1 atom stereocenters. The maximum Gasteiger partial charge on any atom is 0.229 e. The van der Waals surface area contributed by atoms with Crippen LogP contribution in [0, 0.1) is 5.92 Å². The summed E-state index contributed by atoms with van der Waals surface area (Å²) in [7, 11) is 3.19. The zero-order valence-corrected chi connectivity index (χ0v) is 18.7. The van der Waals surface area contributed by atoms with E-state index in [0.29, 0.717) is 43.2 Å². The van der Waals surface area contributed by atoms with E-state index in [4.69, 9.17) is 9.47 Å². The number of nitrogens with one attached hydrogen (secondary N) is 1. The van der Waals surface area contributed by atoms with Gasteiger partial charge >= 0.3 is 0 Å². The van der Waals surface area contributed by atoms with Gasteiger partial charge in [0.05, 0.1) is 26.7 Å². The first-order valence-corrected chi connectivity index (χ1v) is 10.8. The van der Waals surface area contributed by atoms with E-state index in [1.54, 1.807) is 30.1 Å². The van der Waals surface area contributed by atoms with Crippen LogP contribution in [-0.4, -0.2) is 58.8 Å². The molecular formula is C24H27N5O4. The summed E-state index contributed by atoms with van der Waals surface area (Å²) in [5.41, 5.74) is 2.80. The minimum atomic E-state index is -0.363. The van der Waals surface area contributed by atoms with E-state index >= 15 is 0 Å². The third-order valence-electron chi connectivity index (χ3n) is 5.74. The van der Waals surface area contributed by atoms with Crippen LogP contribution in [0.15, 0.2) is 55.1 Å². The molecule has 1 N–H and O–H groups in total. The third kappa shape index (κ3) is 5.49. The second-order valence-corrected chi connectivity index (χ2v) is 7.96. The average molecular weight is 450 g/mol. The molecule has 2 amide bonds. The minimum Gasteiger partial charge on any atom is -0.493 e. The number of hydrogen-bond donors (Lipinski definition) is 1. The number of ether oxygens (including phenoxy) is 2. The van der Waals surface area contributed by atoms with Crippen molar-refractivity contribution in [2.24, 2.45) is 5.92 Å². The third-order valence-corrected chi connectivity index (χ3v) is 5.74. The highest BCUT2D eigenvalue weighted by Gasteiger charge is 2.34. The molecule has 172 valence electrons. The van der Waals surface area contributed by atoms with E-state index < -0.39 is 0 Å². The van der Waals surface area contributed by atoms with Crippen molar-refractivity contribution >= 4 is 17.5 Å². The van der Waals surface area contributed by atoms with Gasteiger partial charge in [-0.3, -0.25) is 9.59 Å². The van der Waals surface area contributed by atoms with Crippen LogP contribution in [0.3, 0.4) is 0 Å². The molecule has 33 heavy (non-hydrogen) atoms. The smallest absolute Gasteiger partial charge is 0.229 e. The number of aromatic nitrogens is 3. The van der Waals surface area contributed by atoms with Gasteiger partial charge < -0.3 is 19.7 Å². The Hall–Kier alpha value is -3.88. The number of amides is 2. The van der Waals surface area contributed by atoms with Gasteiger partial charge in [0.15, 0.2) is 11.5 Å². The van der Waals surface area contributed by atoms with E-state index in [9.17, 15) is 9.59 Å². The lowest BCUT2D eigenvalue weighted by Crippen LogP contribution is -2.30. The first-order chi connectivity index (χ1) is 16.1. The Labute approximate surface area is 192 Å². The second kappa shape index (κ2) is 10.2. The first-order valence-electron chi connectivity index (χ1n) is 10.8. The Bertz CT molecular complexity index is 1100. The Kier molecular flexibility index (Phi) is 6.87. The van der Waals surface area contributed by atoms with Gasteiger partial charge in [-0.25, -0.2) is 9.67 Å². The summed E-state index contributed by atoms with van der Waals surface area (Å²) in [6.07, 6.45) is 4.05. The lowest BCUT2D eigenvalue weighted by atomic mass is 10.1. The van der Waals surface area contributed by atoms with E-state index in [1.807, 2.05) is 42.5 Å². The van der Waals surface area contributed by atoms with Crippen molar-refractivity contribution in [3.63, 3.8) is 0 Å². The maximum atomic E-state index is 12.7. The second-order valence-electron chi connectivity index (χ2n) is 7.96. The molecule has 1 fully saturated rings. The van der Waals surface area contributed by atoms with Crippen molar-refractivity contribution in [1.29, 1.82) is 0 Å². The molecule has 1 saturated heterocycles. The predicted molar refractivity (Wildman–Crippen MR) is 122 cm³/mol. The van der Waals surface area contributed by atoms with E-state index in [2.05, 4.69) is 15.4 Å². The first kappa shape index (κ1) is 22.3. The topological polar surface area (TPSA) is 98.6 Å². The normalized spacial score (nSPS) is 15.5. The summed E-state index contributed by atoms with van der Waals surface area (Å²) >= 11 is 0. The van der Waals surface area contributed by atoms with Crippen LogP contribution in [0.2, 0.25) is 0 Å². The molecule has 0 radical (unpaired) electrons. The van der Waals surface area contributed by atoms with Gasteiger partial charge in [0, 0.05) is 25.2 Å². The van der Waals surface area contributed by atoms with Crippen molar-refractivity contribution in [3.05, 3.63) is 66.2 Å². The highest BCUT2D eigenvalue weighted by atomic mass is 16.5. The van der Waals surface area contributed by atoms with Crippen LogP contribution in [0.25, 0.3) is 0 Å². The number of hydrogen-bond acceptors (Lipinski definition) is 6. The number of anilines is 1. The van der Waals surface area contributed by atoms with Gasteiger partial charge in [-0.05, 0) is 41.8 Å². The molecule has 0 spiro atoms. The lowest BCUT2D eigenvalue weighted by molar-refractivity contribution is -0.128. The number of benzene rings is 2. The quantitative estimate of drug-likeness (QED) is 0.539. The van der Waals surface area contributed by atoms with Crippen molar-refractivity contribution in [2.45, 2.75) is 19.4 Å². The molecule has 9 heteroatoms. The number of carbonyl (C=O) groups excluding carboxylic acids is 2. The highest BCUT2D eigenvalue weighted by molar-refractivity contribution is 5.97. The Morgan fingerprint density at radius 3 is 2.55 bits per heavy atom. The summed E-state index contributed by atoms with van der Waals surface area (Å²) in [5.74, 6) is 0.825. The monoisotopic (exact) mass is 449 g/mol. The molecule has 9 nitrogen and oxygen atoms in total. The van der Waals surface area contributed by atoms with Crippen molar-refractivity contribution < 1.29 is 19.1 Å². The van der Waals surface area contributed by atoms with Crippen LogP contribution in [-0.2, 0) is 22.6 Å². The summed E-state index contributed by atoms with van der Waals surface area (Å²) in [6, 6.07) is 13.3. The summed E-state index contributed by atoms with van der Waals surface area (Å²) in [6.45, 7) is 1.58. The van der Waals surface area contributed by atoms with Gasteiger partial charge in [0.2, 0.25) is 11.8 Å².